The molecule has 8 heteroatoms. The van der Waals surface area contributed by atoms with E-state index >= 15 is 0 Å². The van der Waals surface area contributed by atoms with E-state index in [-0.39, 0.29) is 17.1 Å². The standard InChI is InChI=1S/C20H15F3N2O3/c1-27-16-7-3-5-14(11-16)19(26)25-24-12-17-8-9-18(28-17)13-4-2-6-15(10-13)20(21,22)23/h2-12H,1H3,(H,25,26)/b24-12-. The molecule has 5 nitrogen and oxygen atoms in total. The molecule has 0 saturated carbocycles. The van der Waals surface area contributed by atoms with Crippen molar-refractivity contribution in [2.24, 2.45) is 5.10 Å². The van der Waals surface area contributed by atoms with Gasteiger partial charge in [0.15, 0.2) is 0 Å². The first-order chi connectivity index (χ1) is 13.4. The van der Waals surface area contributed by atoms with Gasteiger partial charge in [0.25, 0.3) is 5.91 Å². The number of ether oxygens (including phenoxy) is 1. The molecule has 0 radical (unpaired) electrons. The average Bonchev–Trinajstić information content (AvgIpc) is 3.16. The van der Waals surface area contributed by atoms with Crippen LogP contribution in [0, 0.1) is 0 Å². The minimum absolute atomic E-state index is 0.256. The third-order valence-electron chi connectivity index (χ3n) is 3.79. The van der Waals surface area contributed by atoms with Gasteiger partial charge in [-0.05, 0) is 42.5 Å². The van der Waals surface area contributed by atoms with Crippen molar-refractivity contribution in [2.45, 2.75) is 6.18 Å². The van der Waals surface area contributed by atoms with Crippen LogP contribution in [0.1, 0.15) is 21.7 Å². The second-order valence-corrected chi connectivity index (χ2v) is 5.71. The summed E-state index contributed by atoms with van der Waals surface area (Å²) >= 11 is 0. The zero-order valence-corrected chi connectivity index (χ0v) is 14.7. The predicted molar refractivity (Wildman–Crippen MR) is 97.2 cm³/mol. The van der Waals surface area contributed by atoms with Crippen LogP contribution >= 0.6 is 0 Å². The molecule has 0 unspecified atom stereocenters. The maximum atomic E-state index is 12.8. The van der Waals surface area contributed by atoms with Gasteiger partial charge in [-0.1, -0.05) is 18.2 Å². The number of methoxy groups -OCH3 is 1. The van der Waals surface area contributed by atoms with Gasteiger partial charge in [-0.3, -0.25) is 4.79 Å². The Morgan fingerprint density at radius 3 is 2.64 bits per heavy atom. The Morgan fingerprint density at radius 1 is 1.11 bits per heavy atom. The van der Waals surface area contributed by atoms with Crippen LogP contribution in [0.2, 0.25) is 0 Å². The Morgan fingerprint density at radius 2 is 1.89 bits per heavy atom. The summed E-state index contributed by atoms with van der Waals surface area (Å²) in [5, 5.41) is 3.80. The fourth-order valence-electron chi connectivity index (χ4n) is 2.41. The molecule has 3 rings (SSSR count). The zero-order valence-electron chi connectivity index (χ0n) is 14.7. The van der Waals surface area contributed by atoms with Crippen LogP contribution in [0.5, 0.6) is 5.75 Å². The van der Waals surface area contributed by atoms with Gasteiger partial charge in [-0.2, -0.15) is 18.3 Å². The number of hydrogen-bond donors (Lipinski definition) is 1. The highest BCUT2D eigenvalue weighted by molar-refractivity contribution is 5.95. The Kier molecular flexibility index (Phi) is 5.49. The first kappa shape index (κ1) is 19.2. The number of hydrogen-bond acceptors (Lipinski definition) is 4. The number of nitrogens with one attached hydrogen (secondary N) is 1. The fraction of sp³-hybridized carbons (Fsp3) is 0.100. The molecule has 3 aromatic rings. The highest BCUT2D eigenvalue weighted by Crippen LogP contribution is 2.32. The van der Waals surface area contributed by atoms with Gasteiger partial charge in [-0.15, -0.1) is 0 Å². The van der Waals surface area contributed by atoms with Crippen molar-refractivity contribution in [1.82, 2.24) is 5.43 Å². The van der Waals surface area contributed by atoms with E-state index in [0.717, 1.165) is 12.1 Å². The molecule has 1 amide bonds. The number of amides is 1. The summed E-state index contributed by atoms with van der Waals surface area (Å²) in [5.41, 5.74) is 2.23. The van der Waals surface area contributed by atoms with E-state index in [1.807, 2.05) is 0 Å². The fourth-order valence-corrected chi connectivity index (χ4v) is 2.41. The van der Waals surface area contributed by atoms with Crippen LogP contribution in [-0.4, -0.2) is 19.2 Å². The maximum absolute atomic E-state index is 12.8. The SMILES string of the molecule is COc1cccc(C(=O)N/N=C\c2ccc(-c3cccc(C(F)(F)F)c3)o2)c1. The quantitative estimate of drug-likeness (QED) is 0.507. The number of rotatable bonds is 5. The van der Waals surface area contributed by atoms with Gasteiger partial charge in [0, 0.05) is 11.1 Å². The lowest BCUT2D eigenvalue weighted by Gasteiger charge is -2.07. The van der Waals surface area contributed by atoms with Crippen LogP contribution in [0.4, 0.5) is 13.2 Å². The topological polar surface area (TPSA) is 63.8 Å². The van der Waals surface area contributed by atoms with Gasteiger partial charge >= 0.3 is 6.18 Å². The van der Waals surface area contributed by atoms with Gasteiger partial charge < -0.3 is 9.15 Å². The zero-order chi connectivity index (χ0) is 20.1. The molecule has 1 aromatic heterocycles. The normalized spacial score (nSPS) is 11.6. The van der Waals surface area contributed by atoms with E-state index in [1.54, 1.807) is 24.3 Å². The van der Waals surface area contributed by atoms with E-state index in [2.05, 4.69) is 10.5 Å². The van der Waals surface area contributed by atoms with Crippen LogP contribution in [0.25, 0.3) is 11.3 Å². The average molecular weight is 388 g/mol. The predicted octanol–water partition coefficient (Wildman–Crippen LogP) is 4.74. The molecular formula is C20H15F3N2O3. The van der Waals surface area contributed by atoms with E-state index in [1.165, 1.54) is 37.6 Å². The summed E-state index contributed by atoms with van der Waals surface area (Å²) in [7, 11) is 1.49. The van der Waals surface area contributed by atoms with Crippen LogP contribution in [0.15, 0.2) is 70.2 Å². The minimum atomic E-state index is -4.43. The van der Waals surface area contributed by atoms with E-state index in [0.29, 0.717) is 11.3 Å². The Balaban J connectivity index is 1.68. The summed E-state index contributed by atoms with van der Waals surface area (Å²) < 4.78 is 49.0. The smallest absolute Gasteiger partial charge is 0.416 e. The Hall–Kier alpha value is -3.55. The van der Waals surface area contributed by atoms with Crippen molar-refractivity contribution in [3.8, 4) is 17.1 Å². The first-order valence-electron chi connectivity index (χ1n) is 8.12. The number of furan rings is 1. The molecule has 1 heterocycles. The van der Waals surface area contributed by atoms with E-state index in [9.17, 15) is 18.0 Å². The summed E-state index contributed by atoms with van der Waals surface area (Å²) in [6.07, 6.45) is -3.17. The number of alkyl halides is 3. The molecular weight excluding hydrogens is 373 g/mol. The summed E-state index contributed by atoms with van der Waals surface area (Å²) in [6, 6.07) is 14.4. The van der Waals surface area contributed by atoms with E-state index in [4.69, 9.17) is 9.15 Å². The summed E-state index contributed by atoms with van der Waals surface area (Å²) in [5.74, 6) is 0.623. The van der Waals surface area contributed by atoms with Crippen molar-refractivity contribution in [3.05, 3.63) is 77.6 Å². The molecule has 0 saturated heterocycles. The summed E-state index contributed by atoms with van der Waals surface area (Å²) in [6.45, 7) is 0. The van der Waals surface area contributed by atoms with Gasteiger partial charge in [0.1, 0.15) is 17.3 Å². The number of carbonyl (C=O) groups excluding carboxylic acids is 1. The lowest BCUT2D eigenvalue weighted by atomic mass is 10.1. The Labute approximate surface area is 158 Å². The van der Waals surface area contributed by atoms with Crippen molar-refractivity contribution < 1.29 is 27.1 Å². The van der Waals surface area contributed by atoms with Crippen LogP contribution in [-0.2, 0) is 6.18 Å². The molecule has 2 aromatic carbocycles. The van der Waals surface area contributed by atoms with E-state index < -0.39 is 17.6 Å². The molecule has 0 aliphatic rings. The molecule has 0 fully saturated rings. The highest BCUT2D eigenvalue weighted by atomic mass is 19.4. The van der Waals surface area contributed by atoms with Gasteiger partial charge in [0.2, 0.25) is 0 Å². The minimum Gasteiger partial charge on any atom is -0.497 e. The number of halogens is 3. The largest absolute Gasteiger partial charge is 0.497 e. The number of benzene rings is 2. The molecule has 28 heavy (non-hydrogen) atoms. The molecule has 0 spiro atoms. The van der Waals surface area contributed by atoms with Crippen molar-refractivity contribution in [3.63, 3.8) is 0 Å². The Bertz CT molecular complexity index is 1010. The van der Waals surface area contributed by atoms with Crippen molar-refractivity contribution in [1.29, 1.82) is 0 Å². The third-order valence-corrected chi connectivity index (χ3v) is 3.79. The molecule has 0 bridgehead atoms. The summed E-state index contributed by atoms with van der Waals surface area (Å²) in [4.78, 5) is 12.0. The number of hydrazone groups is 1. The third kappa shape index (κ3) is 4.59. The first-order valence-corrected chi connectivity index (χ1v) is 8.12. The van der Waals surface area contributed by atoms with Gasteiger partial charge in [0.05, 0.1) is 18.9 Å². The molecule has 1 N–H and O–H groups in total. The van der Waals surface area contributed by atoms with Crippen molar-refractivity contribution >= 4 is 12.1 Å². The van der Waals surface area contributed by atoms with Crippen LogP contribution in [0.3, 0.4) is 0 Å². The molecule has 0 aliphatic carbocycles. The monoisotopic (exact) mass is 388 g/mol. The molecule has 144 valence electrons. The lowest BCUT2D eigenvalue weighted by Crippen LogP contribution is -2.17. The second-order valence-electron chi connectivity index (χ2n) is 5.71. The number of nitrogens with zero attached hydrogens (tertiary/aromatic N) is 1. The number of carbonyl (C=O) groups is 1. The molecule has 0 atom stereocenters. The van der Waals surface area contributed by atoms with Gasteiger partial charge in [-0.25, -0.2) is 5.43 Å². The molecule has 0 aliphatic heterocycles. The second kappa shape index (κ2) is 7.99. The van der Waals surface area contributed by atoms with Crippen LogP contribution < -0.4 is 10.2 Å². The van der Waals surface area contributed by atoms with Crippen molar-refractivity contribution in [2.75, 3.05) is 7.11 Å². The highest BCUT2D eigenvalue weighted by Gasteiger charge is 2.30. The lowest BCUT2D eigenvalue weighted by molar-refractivity contribution is -0.137. The maximum Gasteiger partial charge on any atom is 0.416 e.